The third-order valence-electron chi connectivity index (χ3n) is 2.81. The molecule has 0 radical (unpaired) electrons. The summed E-state index contributed by atoms with van der Waals surface area (Å²) in [4.78, 5) is 0. The summed E-state index contributed by atoms with van der Waals surface area (Å²) < 4.78 is 3.04. The van der Waals surface area contributed by atoms with Crippen molar-refractivity contribution in [2.24, 2.45) is 5.73 Å². The van der Waals surface area contributed by atoms with Crippen molar-refractivity contribution in [3.8, 4) is 0 Å². The maximum absolute atomic E-state index is 6.31. The predicted octanol–water partition coefficient (Wildman–Crippen LogP) is 2.56. The molecule has 2 unspecified atom stereocenters. The second-order valence-corrected chi connectivity index (χ2v) is 5.97. The van der Waals surface area contributed by atoms with Crippen LogP contribution in [-0.4, -0.2) is 20.8 Å². The first-order chi connectivity index (χ1) is 7.24. The Morgan fingerprint density at radius 3 is 3.20 bits per heavy atom. The zero-order valence-corrected chi connectivity index (χ0v) is 11.2. The highest BCUT2D eigenvalue weighted by atomic mass is 79.9. The number of nitrogens with two attached hydrogens (primary N) is 1. The lowest BCUT2D eigenvalue weighted by Gasteiger charge is -2.19. The van der Waals surface area contributed by atoms with Crippen LogP contribution < -0.4 is 5.73 Å². The minimum absolute atomic E-state index is 0.106. The Balaban J connectivity index is 2.22. The molecule has 1 saturated heterocycles. The van der Waals surface area contributed by atoms with E-state index in [2.05, 4.69) is 28.0 Å². The molecule has 0 bridgehead atoms. The lowest BCUT2D eigenvalue weighted by Crippen LogP contribution is -2.25. The molecule has 2 atom stereocenters. The summed E-state index contributed by atoms with van der Waals surface area (Å²) in [6.07, 6.45) is 4.37. The Morgan fingerprint density at radius 1 is 1.80 bits per heavy atom. The molecule has 1 aromatic rings. The molecule has 2 rings (SSSR count). The van der Waals surface area contributed by atoms with Crippen LogP contribution in [0.4, 0.5) is 0 Å². The van der Waals surface area contributed by atoms with E-state index in [0.29, 0.717) is 5.25 Å². The third kappa shape index (κ3) is 2.24. The zero-order valence-electron chi connectivity index (χ0n) is 8.82. The summed E-state index contributed by atoms with van der Waals surface area (Å²) >= 11 is 5.52. The van der Waals surface area contributed by atoms with Gasteiger partial charge in [0, 0.05) is 11.8 Å². The van der Waals surface area contributed by atoms with Gasteiger partial charge in [0.2, 0.25) is 0 Å². The number of halogens is 1. The van der Waals surface area contributed by atoms with Crippen molar-refractivity contribution in [3.63, 3.8) is 0 Å². The van der Waals surface area contributed by atoms with Crippen molar-refractivity contribution >= 4 is 27.7 Å². The van der Waals surface area contributed by atoms with E-state index in [-0.39, 0.29) is 6.04 Å². The van der Waals surface area contributed by atoms with Gasteiger partial charge in [-0.15, -0.1) is 0 Å². The van der Waals surface area contributed by atoms with Gasteiger partial charge in [0.15, 0.2) is 0 Å². The van der Waals surface area contributed by atoms with Crippen molar-refractivity contribution < 1.29 is 0 Å². The summed E-state index contributed by atoms with van der Waals surface area (Å²) in [5.74, 6) is 1.25. The largest absolute Gasteiger partial charge is 0.322 e. The molecule has 1 aromatic heterocycles. The smallest absolute Gasteiger partial charge is 0.0704 e. The Labute approximate surface area is 103 Å². The summed E-state index contributed by atoms with van der Waals surface area (Å²) in [5, 5.41) is 4.87. The van der Waals surface area contributed by atoms with E-state index in [1.807, 2.05) is 22.6 Å². The minimum atomic E-state index is 0.106. The molecular formula is C10H16BrN3S. The van der Waals surface area contributed by atoms with Crippen LogP contribution in [0.3, 0.4) is 0 Å². The summed E-state index contributed by atoms with van der Waals surface area (Å²) in [5.41, 5.74) is 7.46. The quantitative estimate of drug-likeness (QED) is 0.930. The fourth-order valence-electron chi connectivity index (χ4n) is 2.02. The molecule has 0 aromatic carbocycles. The second kappa shape index (κ2) is 4.89. The normalized spacial score (nSPS) is 23.3. The summed E-state index contributed by atoms with van der Waals surface area (Å²) in [6, 6.07) is 0.106. The molecule has 1 aliphatic rings. The van der Waals surface area contributed by atoms with Crippen LogP contribution in [0.5, 0.6) is 0 Å². The van der Waals surface area contributed by atoms with Gasteiger partial charge in [0.25, 0.3) is 0 Å². The molecule has 15 heavy (non-hydrogen) atoms. The first-order valence-corrected chi connectivity index (χ1v) is 7.16. The highest BCUT2D eigenvalue weighted by Gasteiger charge is 2.27. The molecule has 5 heteroatoms. The van der Waals surface area contributed by atoms with E-state index in [1.54, 1.807) is 0 Å². The van der Waals surface area contributed by atoms with Gasteiger partial charge >= 0.3 is 0 Å². The SMILES string of the molecule is CCn1ncc(Br)c1C(N)C1CCCS1. The van der Waals surface area contributed by atoms with Crippen LogP contribution in [0.15, 0.2) is 10.7 Å². The molecule has 0 amide bonds. The topological polar surface area (TPSA) is 43.8 Å². The molecular weight excluding hydrogens is 274 g/mol. The Bertz CT molecular complexity index is 333. The van der Waals surface area contributed by atoms with E-state index < -0.39 is 0 Å². The lowest BCUT2D eigenvalue weighted by atomic mass is 10.1. The standard InChI is InChI=1S/C10H16BrN3S/c1-2-14-10(7(11)6-13-14)9(12)8-4-3-5-15-8/h6,8-9H,2-5,12H2,1H3. The molecule has 1 aliphatic heterocycles. The Hall–Kier alpha value is -0.0000000000000000555. The van der Waals surface area contributed by atoms with Crippen LogP contribution in [-0.2, 0) is 6.54 Å². The van der Waals surface area contributed by atoms with Crippen LogP contribution in [0.1, 0.15) is 31.5 Å². The summed E-state index contributed by atoms with van der Waals surface area (Å²) in [7, 11) is 0. The van der Waals surface area contributed by atoms with Crippen LogP contribution in [0.2, 0.25) is 0 Å². The van der Waals surface area contributed by atoms with Crippen molar-refractivity contribution in [1.82, 2.24) is 9.78 Å². The van der Waals surface area contributed by atoms with Crippen molar-refractivity contribution in [1.29, 1.82) is 0 Å². The van der Waals surface area contributed by atoms with E-state index in [9.17, 15) is 0 Å². The van der Waals surface area contributed by atoms with Crippen LogP contribution in [0, 0.1) is 0 Å². The number of aryl methyl sites for hydroxylation is 1. The van der Waals surface area contributed by atoms with Gasteiger partial charge in [-0.05, 0) is 41.4 Å². The number of aromatic nitrogens is 2. The van der Waals surface area contributed by atoms with E-state index >= 15 is 0 Å². The number of nitrogens with zero attached hydrogens (tertiary/aromatic N) is 2. The van der Waals surface area contributed by atoms with E-state index in [4.69, 9.17) is 5.73 Å². The molecule has 1 fully saturated rings. The van der Waals surface area contributed by atoms with E-state index in [0.717, 1.165) is 16.7 Å². The average Bonchev–Trinajstić information content (AvgIpc) is 2.85. The number of hydrogen-bond donors (Lipinski definition) is 1. The lowest BCUT2D eigenvalue weighted by molar-refractivity contribution is 0.547. The fraction of sp³-hybridized carbons (Fsp3) is 0.700. The van der Waals surface area contributed by atoms with Crippen molar-refractivity contribution in [3.05, 3.63) is 16.4 Å². The predicted molar refractivity (Wildman–Crippen MR) is 68.0 cm³/mol. The monoisotopic (exact) mass is 289 g/mol. The number of rotatable bonds is 3. The van der Waals surface area contributed by atoms with E-state index in [1.165, 1.54) is 18.6 Å². The third-order valence-corrected chi connectivity index (χ3v) is 4.91. The van der Waals surface area contributed by atoms with Crippen LogP contribution in [0.25, 0.3) is 0 Å². The highest BCUT2D eigenvalue weighted by molar-refractivity contribution is 9.10. The fourth-order valence-corrected chi connectivity index (χ4v) is 3.88. The molecule has 2 heterocycles. The van der Waals surface area contributed by atoms with Crippen LogP contribution >= 0.6 is 27.7 Å². The number of hydrogen-bond acceptors (Lipinski definition) is 3. The van der Waals surface area contributed by atoms with Crippen molar-refractivity contribution in [2.75, 3.05) is 5.75 Å². The molecule has 0 aliphatic carbocycles. The zero-order chi connectivity index (χ0) is 10.8. The molecule has 0 spiro atoms. The van der Waals surface area contributed by atoms with Crippen molar-refractivity contribution in [2.45, 2.75) is 37.6 Å². The average molecular weight is 290 g/mol. The van der Waals surface area contributed by atoms with Gasteiger partial charge in [0.05, 0.1) is 22.4 Å². The van der Waals surface area contributed by atoms with Gasteiger partial charge < -0.3 is 5.73 Å². The molecule has 84 valence electrons. The summed E-state index contributed by atoms with van der Waals surface area (Å²) in [6.45, 7) is 2.98. The van der Waals surface area contributed by atoms with Gasteiger partial charge in [-0.3, -0.25) is 4.68 Å². The first-order valence-electron chi connectivity index (χ1n) is 5.32. The maximum atomic E-state index is 6.31. The molecule has 3 nitrogen and oxygen atoms in total. The van der Waals surface area contributed by atoms with Gasteiger partial charge in [0.1, 0.15) is 0 Å². The highest BCUT2D eigenvalue weighted by Crippen LogP contribution is 2.36. The van der Waals surface area contributed by atoms with Gasteiger partial charge in [-0.25, -0.2) is 0 Å². The van der Waals surface area contributed by atoms with Gasteiger partial charge in [-0.2, -0.15) is 16.9 Å². The maximum Gasteiger partial charge on any atom is 0.0704 e. The molecule has 2 N–H and O–H groups in total. The minimum Gasteiger partial charge on any atom is -0.322 e. The molecule has 0 saturated carbocycles. The number of thioether (sulfide) groups is 1. The Kier molecular flexibility index (Phi) is 3.74. The first kappa shape index (κ1) is 11.5. The van der Waals surface area contributed by atoms with Gasteiger partial charge in [-0.1, -0.05) is 0 Å². The Morgan fingerprint density at radius 2 is 2.60 bits per heavy atom. The second-order valence-electron chi connectivity index (χ2n) is 3.77.